The number of hydrogen-bond donors (Lipinski definition) is 1. The van der Waals surface area contributed by atoms with Crippen LogP contribution in [0.15, 0.2) is 5.16 Å². The van der Waals surface area contributed by atoms with Gasteiger partial charge in [-0.15, -0.1) is 5.10 Å². The van der Waals surface area contributed by atoms with Crippen molar-refractivity contribution >= 4 is 11.8 Å². The van der Waals surface area contributed by atoms with E-state index in [0.29, 0.717) is 0 Å². The summed E-state index contributed by atoms with van der Waals surface area (Å²) in [5, 5.41) is 8.14. The Morgan fingerprint density at radius 3 is 3.12 bits per heavy atom. The number of aromatic amines is 1. The predicted molar refractivity (Wildman–Crippen MR) is 71.4 cm³/mol. The van der Waals surface area contributed by atoms with Gasteiger partial charge in [-0.3, -0.25) is 5.10 Å². The first-order chi connectivity index (χ1) is 8.29. The molecule has 1 saturated heterocycles. The number of aryl methyl sites for hydroxylation is 1. The second-order valence-corrected chi connectivity index (χ2v) is 5.79. The number of hydrogen-bond acceptors (Lipinski definition) is 4. The van der Waals surface area contributed by atoms with E-state index in [-0.39, 0.29) is 0 Å². The van der Waals surface area contributed by atoms with Gasteiger partial charge in [0.05, 0.1) is 0 Å². The molecule has 1 fully saturated rings. The Morgan fingerprint density at radius 2 is 2.41 bits per heavy atom. The molecule has 2 rings (SSSR count). The van der Waals surface area contributed by atoms with Crippen LogP contribution in [-0.2, 0) is 6.42 Å². The highest BCUT2D eigenvalue weighted by Crippen LogP contribution is 2.22. The number of nitrogens with one attached hydrogen (secondary N) is 1. The third-order valence-electron chi connectivity index (χ3n) is 3.35. The first kappa shape index (κ1) is 12.9. The maximum atomic E-state index is 4.47. The van der Waals surface area contributed by atoms with E-state index < -0.39 is 0 Å². The van der Waals surface area contributed by atoms with Gasteiger partial charge in [0.1, 0.15) is 5.82 Å². The molecule has 1 atom stereocenters. The van der Waals surface area contributed by atoms with Gasteiger partial charge in [-0.25, -0.2) is 4.98 Å². The monoisotopic (exact) mass is 254 g/mol. The average molecular weight is 254 g/mol. The fourth-order valence-electron chi connectivity index (χ4n) is 2.32. The fraction of sp³-hybridized carbons (Fsp3) is 0.833. The van der Waals surface area contributed by atoms with Crippen LogP contribution >= 0.6 is 11.8 Å². The van der Waals surface area contributed by atoms with Gasteiger partial charge in [-0.05, 0) is 39.3 Å². The van der Waals surface area contributed by atoms with Crippen LogP contribution in [0.4, 0.5) is 0 Å². The van der Waals surface area contributed by atoms with Crippen LogP contribution in [-0.4, -0.2) is 45.5 Å². The summed E-state index contributed by atoms with van der Waals surface area (Å²) in [5.41, 5.74) is 0. The number of H-pyrrole nitrogens is 1. The van der Waals surface area contributed by atoms with E-state index in [1.165, 1.54) is 25.8 Å². The van der Waals surface area contributed by atoms with Crippen LogP contribution in [0.25, 0.3) is 0 Å². The van der Waals surface area contributed by atoms with E-state index in [1.54, 1.807) is 11.8 Å². The van der Waals surface area contributed by atoms with Crippen molar-refractivity contribution in [3.63, 3.8) is 0 Å². The van der Waals surface area contributed by atoms with Crippen molar-refractivity contribution in [2.45, 2.75) is 50.2 Å². The van der Waals surface area contributed by atoms with Gasteiger partial charge in [0, 0.05) is 18.2 Å². The van der Waals surface area contributed by atoms with Gasteiger partial charge >= 0.3 is 0 Å². The van der Waals surface area contributed by atoms with E-state index in [0.717, 1.165) is 35.6 Å². The third-order valence-corrected chi connectivity index (χ3v) is 4.23. The summed E-state index contributed by atoms with van der Waals surface area (Å²) >= 11 is 1.78. The summed E-state index contributed by atoms with van der Waals surface area (Å²) in [4.78, 5) is 6.94. The van der Waals surface area contributed by atoms with Gasteiger partial charge in [-0.1, -0.05) is 18.7 Å². The smallest absolute Gasteiger partial charge is 0.208 e. The van der Waals surface area contributed by atoms with Crippen molar-refractivity contribution in [1.82, 2.24) is 20.1 Å². The average Bonchev–Trinajstić information content (AvgIpc) is 2.90. The van der Waals surface area contributed by atoms with Crippen LogP contribution in [0.2, 0.25) is 0 Å². The fourth-order valence-corrected chi connectivity index (χ4v) is 3.18. The van der Waals surface area contributed by atoms with Crippen LogP contribution in [0.3, 0.4) is 0 Å². The zero-order chi connectivity index (χ0) is 12.1. The second kappa shape index (κ2) is 6.40. The molecule has 0 unspecified atom stereocenters. The molecule has 1 aliphatic heterocycles. The van der Waals surface area contributed by atoms with E-state index in [4.69, 9.17) is 0 Å². The Kier molecular flexibility index (Phi) is 4.86. The van der Waals surface area contributed by atoms with Crippen molar-refractivity contribution in [2.75, 3.05) is 19.3 Å². The molecule has 17 heavy (non-hydrogen) atoms. The largest absolute Gasteiger partial charge is 0.303 e. The van der Waals surface area contributed by atoms with Crippen molar-refractivity contribution in [3.8, 4) is 0 Å². The molecular formula is C12H22N4S. The highest BCUT2D eigenvalue weighted by atomic mass is 32.2. The summed E-state index contributed by atoms with van der Waals surface area (Å²) < 4.78 is 0. The van der Waals surface area contributed by atoms with E-state index in [2.05, 4.69) is 34.1 Å². The SMILES string of the molecule is CCCc1nc(SCC[C@H]2CCCN2C)n[nH]1. The molecule has 0 bridgehead atoms. The van der Waals surface area contributed by atoms with Crippen molar-refractivity contribution in [3.05, 3.63) is 5.82 Å². The number of rotatable bonds is 6. The van der Waals surface area contributed by atoms with Crippen LogP contribution in [0.1, 0.15) is 38.4 Å². The molecule has 0 saturated carbocycles. The molecule has 1 aromatic heterocycles. The number of likely N-dealkylation sites (tertiary alicyclic amines) is 1. The van der Waals surface area contributed by atoms with Gasteiger partial charge in [0.2, 0.25) is 5.16 Å². The molecule has 2 heterocycles. The van der Waals surface area contributed by atoms with Crippen molar-refractivity contribution < 1.29 is 0 Å². The molecule has 5 heteroatoms. The summed E-state index contributed by atoms with van der Waals surface area (Å²) in [6.45, 7) is 3.42. The minimum atomic E-state index is 0.775. The molecule has 0 radical (unpaired) electrons. The van der Waals surface area contributed by atoms with Crippen molar-refractivity contribution in [2.24, 2.45) is 0 Å². The zero-order valence-electron chi connectivity index (χ0n) is 10.8. The van der Waals surface area contributed by atoms with Gasteiger partial charge < -0.3 is 4.90 Å². The quantitative estimate of drug-likeness (QED) is 0.791. The highest BCUT2D eigenvalue weighted by Gasteiger charge is 2.20. The third kappa shape index (κ3) is 3.71. The molecule has 1 N–H and O–H groups in total. The van der Waals surface area contributed by atoms with Crippen LogP contribution in [0.5, 0.6) is 0 Å². The summed E-state index contributed by atoms with van der Waals surface area (Å²) in [6, 6.07) is 0.775. The molecule has 96 valence electrons. The minimum absolute atomic E-state index is 0.775. The van der Waals surface area contributed by atoms with E-state index >= 15 is 0 Å². The second-order valence-electron chi connectivity index (χ2n) is 4.73. The Bertz CT molecular complexity index is 339. The van der Waals surface area contributed by atoms with Crippen molar-refractivity contribution in [1.29, 1.82) is 0 Å². The number of thioether (sulfide) groups is 1. The van der Waals surface area contributed by atoms with Crippen LogP contribution in [0, 0.1) is 0 Å². The topological polar surface area (TPSA) is 44.8 Å². The Balaban J connectivity index is 1.70. The Hall–Kier alpha value is -0.550. The summed E-state index contributed by atoms with van der Waals surface area (Å²) in [6.07, 6.45) is 6.07. The minimum Gasteiger partial charge on any atom is -0.303 e. The maximum absolute atomic E-state index is 4.47. The Labute approximate surface area is 108 Å². The lowest BCUT2D eigenvalue weighted by atomic mass is 10.2. The summed E-state index contributed by atoms with van der Waals surface area (Å²) in [7, 11) is 2.23. The normalized spacial score (nSPS) is 21.2. The number of aromatic nitrogens is 3. The van der Waals surface area contributed by atoms with Gasteiger partial charge in [0.25, 0.3) is 0 Å². The molecule has 0 amide bonds. The first-order valence-corrected chi connectivity index (χ1v) is 7.52. The Morgan fingerprint density at radius 1 is 1.53 bits per heavy atom. The van der Waals surface area contributed by atoms with Gasteiger partial charge in [0.15, 0.2) is 0 Å². The first-order valence-electron chi connectivity index (χ1n) is 6.54. The molecule has 4 nitrogen and oxygen atoms in total. The lowest BCUT2D eigenvalue weighted by Gasteiger charge is -2.18. The van der Waals surface area contributed by atoms with Gasteiger partial charge in [-0.2, -0.15) is 0 Å². The zero-order valence-corrected chi connectivity index (χ0v) is 11.6. The molecule has 0 aromatic carbocycles. The number of nitrogens with zero attached hydrogens (tertiary/aromatic N) is 3. The predicted octanol–water partition coefficient (Wildman–Crippen LogP) is 2.33. The molecule has 0 aliphatic carbocycles. The molecular weight excluding hydrogens is 232 g/mol. The molecule has 1 aliphatic rings. The van der Waals surface area contributed by atoms with Crippen LogP contribution < -0.4 is 0 Å². The lowest BCUT2D eigenvalue weighted by molar-refractivity contribution is 0.305. The maximum Gasteiger partial charge on any atom is 0.208 e. The molecule has 1 aromatic rings. The standard InChI is InChI=1S/C12H22N4S/c1-3-5-11-13-12(15-14-11)17-9-7-10-6-4-8-16(10)2/h10H,3-9H2,1-2H3,(H,13,14,15)/t10-/m1/s1. The highest BCUT2D eigenvalue weighted by molar-refractivity contribution is 7.99. The lowest BCUT2D eigenvalue weighted by Crippen LogP contribution is -2.25. The summed E-state index contributed by atoms with van der Waals surface area (Å²) in [5.74, 6) is 2.14. The molecule has 0 spiro atoms. The van der Waals surface area contributed by atoms with E-state index in [9.17, 15) is 0 Å². The van der Waals surface area contributed by atoms with E-state index in [1.807, 2.05) is 0 Å².